The number of fused-ring (bicyclic) bond motifs is 1. The molecule has 0 aliphatic heterocycles. The minimum atomic E-state index is -3.75. The summed E-state index contributed by atoms with van der Waals surface area (Å²) >= 11 is 0. The van der Waals surface area contributed by atoms with Gasteiger partial charge in [0.25, 0.3) is 0 Å². The van der Waals surface area contributed by atoms with Crippen molar-refractivity contribution in [2.75, 3.05) is 20.8 Å². The van der Waals surface area contributed by atoms with Crippen LogP contribution in [0.1, 0.15) is 12.5 Å². The van der Waals surface area contributed by atoms with Crippen LogP contribution in [0.15, 0.2) is 48.7 Å². The lowest BCUT2D eigenvalue weighted by atomic mass is 10.2. The zero-order valence-electron chi connectivity index (χ0n) is 18.3. The van der Waals surface area contributed by atoms with Gasteiger partial charge in [0, 0.05) is 12.3 Å². The Morgan fingerprint density at radius 2 is 1.73 bits per heavy atom. The van der Waals surface area contributed by atoms with Crippen molar-refractivity contribution in [1.82, 2.24) is 19.5 Å². The summed E-state index contributed by atoms with van der Waals surface area (Å²) in [5, 5.41) is 5.25. The van der Waals surface area contributed by atoms with Gasteiger partial charge in [-0.25, -0.2) is 28.5 Å². The van der Waals surface area contributed by atoms with Crippen LogP contribution >= 0.6 is 0 Å². The predicted octanol–water partition coefficient (Wildman–Crippen LogP) is 2.69. The van der Waals surface area contributed by atoms with Crippen LogP contribution in [0.4, 0.5) is 0 Å². The Bertz CT molecular complexity index is 1400. The molecule has 0 bridgehead atoms. The van der Waals surface area contributed by atoms with Crippen molar-refractivity contribution in [1.29, 1.82) is 0 Å². The smallest absolute Gasteiger partial charge is 0.213 e. The lowest BCUT2D eigenvalue weighted by Crippen LogP contribution is -2.14. The summed E-state index contributed by atoms with van der Waals surface area (Å²) in [4.78, 5) is 13.6. The van der Waals surface area contributed by atoms with E-state index in [-0.39, 0.29) is 5.75 Å². The minimum Gasteiger partial charge on any atom is -0.494 e. The molecule has 2 N–H and O–H groups in total. The molecule has 33 heavy (non-hydrogen) atoms. The van der Waals surface area contributed by atoms with Crippen LogP contribution in [0.3, 0.4) is 0 Å². The Morgan fingerprint density at radius 1 is 1.03 bits per heavy atom. The van der Waals surface area contributed by atoms with Gasteiger partial charge in [-0.3, -0.25) is 4.57 Å². The van der Waals surface area contributed by atoms with Gasteiger partial charge >= 0.3 is 0 Å². The summed E-state index contributed by atoms with van der Waals surface area (Å²) < 4.78 is 41.9. The Balaban J connectivity index is 2.06. The third-order valence-electron chi connectivity index (χ3n) is 4.81. The summed E-state index contributed by atoms with van der Waals surface area (Å²) in [5.41, 5.74) is 2.44. The molecule has 0 aliphatic carbocycles. The number of rotatable bonds is 8. The van der Waals surface area contributed by atoms with Crippen molar-refractivity contribution in [3.63, 3.8) is 0 Å². The Labute approximate surface area is 191 Å². The fourth-order valence-electron chi connectivity index (χ4n) is 3.53. The number of hydrogen-bond acceptors (Lipinski definition) is 8. The van der Waals surface area contributed by atoms with Crippen LogP contribution in [0.2, 0.25) is 0 Å². The van der Waals surface area contributed by atoms with E-state index in [0.29, 0.717) is 57.9 Å². The highest BCUT2D eigenvalue weighted by Gasteiger charge is 2.23. The molecular weight excluding hydrogens is 446 g/mol. The van der Waals surface area contributed by atoms with Crippen LogP contribution in [-0.4, -0.2) is 48.8 Å². The van der Waals surface area contributed by atoms with Gasteiger partial charge in [-0.15, -0.1) is 0 Å². The van der Waals surface area contributed by atoms with Gasteiger partial charge in [-0.05, 0) is 36.8 Å². The highest BCUT2D eigenvalue weighted by atomic mass is 32.2. The van der Waals surface area contributed by atoms with Crippen LogP contribution in [0.5, 0.6) is 17.4 Å². The van der Waals surface area contributed by atoms with Gasteiger partial charge < -0.3 is 14.2 Å². The van der Waals surface area contributed by atoms with Gasteiger partial charge in [0.1, 0.15) is 22.9 Å². The fraction of sp³-hybridized carbons (Fsp3) is 0.227. The van der Waals surface area contributed by atoms with Crippen molar-refractivity contribution >= 4 is 21.2 Å². The second kappa shape index (κ2) is 9.04. The van der Waals surface area contributed by atoms with E-state index in [2.05, 4.69) is 9.97 Å². The number of benzene rings is 1. The van der Waals surface area contributed by atoms with E-state index in [1.54, 1.807) is 55.2 Å². The number of aromatic nitrogens is 4. The number of imidazole rings is 1. The second-order valence-electron chi connectivity index (χ2n) is 7.07. The number of para-hydroxylation sites is 1. The topological polar surface area (TPSA) is 131 Å². The average Bonchev–Trinajstić information content (AvgIpc) is 3.16. The molecule has 1 aromatic carbocycles. The van der Waals surface area contributed by atoms with Crippen molar-refractivity contribution in [3.8, 4) is 34.6 Å². The first kappa shape index (κ1) is 22.5. The van der Waals surface area contributed by atoms with E-state index >= 15 is 0 Å². The highest BCUT2D eigenvalue weighted by Crippen LogP contribution is 2.38. The SMILES string of the molecule is CCOc1cccc(-c2nc3ncc(CS(N)(=O)=O)cc3n2-c2c(OC)cccc2OC)n1. The molecule has 0 fully saturated rings. The first-order chi connectivity index (χ1) is 15.8. The monoisotopic (exact) mass is 469 g/mol. The van der Waals surface area contributed by atoms with Gasteiger partial charge in [-0.1, -0.05) is 12.1 Å². The first-order valence-electron chi connectivity index (χ1n) is 10.0. The summed E-state index contributed by atoms with van der Waals surface area (Å²) in [7, 11) is -0.652. The zero-order valence-corrected chi connectivity index (χ0v) is 19.2. The van der Waals surface area contributed by atoms with E-state index in [4.69, 9.17) is 24.3 Å². The maximum atomic E-state index is 11.7. The van der Waals surface area contributed by atoms with E-state index in [1.807, 2.05) is 13.0 Å². The fourth-order valence-corrected chi connectivity index (χ4v) is 4.15. The molecule has 4 aromatic rings. The molecular formula is C22H23N5O5S. The highest BCUT2D eigenvalue weighted by molar-refractivity contribution is 7.88. The molecule has 0 saturated heterocycles. The Morgan fingerprint density at radius 3 is 2.36 bits per heavy atom. The molecule has 0 radical (unpaired) electrons. The van der Waals surface area contributed by atoms with E-state index in [0.717, 1.165) is 0 Å². The van der Waals surface area contributed by atoms with Crippen molar-refractivity contribution in [3.05, 3.63) is 54.2 Å². The van der Waals surface area contributed by atoms with Crippen LogP contribution in [0.25, 0.3) is 28.4 Å². The normalized spacial score (nSPS) is 11.5. The lowest BCUT2D eigenvalue weighted by Gasteiger charge is -2.17. The third-order valence-corrected chi connectivity index (χ3v) is 5.54. The number of nitrogens with two attached hydrogens (primary N) is 1. The maximum absolute atomic E-state index is 11.7. The first-order valence-corrected chi connectivity index (χ1v) is 11.8. The Kier molecular flexibility index (Phi) is 6.16. The molecule has 0 saturated carbocycles. The number of pyridine rings is 2. The number of methoxy groups -OCH3 is 2. The standard InChI is InChI=1S/C22H23N5O5S/c1-4-32-19-10-5-7-15(25-19)22-26-21-16(11-14(12-24-21)13-33(23,28)29)27(22)20-17(30-2)8-6-9-18(20)31-3/h5-12H,4,13H2,1-3H3,(H2,23,28,29). The van der Waals surface area contributed by atoms with E-state index < -0.39 is 10.0 Å². The minimum absolute atomic E-state index is 0.364. The Hall–Kier alpha value is -3.70. The number of primary sulfonamides is 1. The van der Waals surface area contributed by atoms with Crippen LogP contribution in [-0.2, 0) is 15.8 Å². The molecule has 10 nitrogen and oxygen atoms in total. The van der Waals surface area contributed by atoms with Crippen LogP contribution in [0, 0.1) is 0 Å². The maximum Gasteiger partial charge on any atom is 0.213 e. The number of sulfonamides is 1. The molecule has 3 aromatic heterocycles. The number of nitrogens with zero attached hydrogens (tertiary/aromatic N) is 4. The number of hydrogen-bond donors (Lipinski definition) is 1. The average molecular weight is 470 g/mol. The predicted molar refractivity (Wildman–Crippen MR) is 123 cm³/mol. The van der Waals surface area contributed by atoms with E-state index in [9.17, 15) is 8.42 Å². The molecule has 3 heterocycles. The molecule has 4 rings (SSSR count). The van der Waals surface area contributed by atoms with Crippen molar-refractivity contribution in [2.24, 2.45) is 5.14 Å². The summed E-state index contributed by atoms with van der Waals surface area (Å²) in [6.07, 6.45) is 1.44. The molecule has 11 heteroatoms. The molecule has 0 spiro atoms. The molecule has 0 unspecified atom stereocenters. The van der Waals surface area contributed by atoms with Gasteiger partial charge in [0.2, 0.25) is 15.9 Å². The van der Waals surface area contributed by atoms with Gasteiger partial charge in [0.05, 0.1) is 32.1 Å². The second-order valence-corrected chi connectivity index (χ2v) is 8.68. The molecule has 172 valence electrons. The zero-order chi connectivity index (χ0) is 23.6. The van der Waals surface area contributed by atoms with Crippen molar-refractivity contribution < 1.29 is 22.6 Å². The van der Waals surface area contributed by atoms with Gasteiger partial charge in [-0.2, -0.15) is 0 Å². The molecule has 0 aliphatic rings. The number of ether oxygens (including phenoxy) is 3. The molecule has 0 atom stereocenters. The largest absolute Gasteiger partial charge is 0.494 e. The van der Waals surface area contributed by atoms with Crippen LogP contribution < -0.4 is 19.3 Å². The summed E-state index contributed by atoms with van der Waals surface area (Å²) in [5.74, 6) is 1.58. The van der Waals surface area contributed by atoms with E-state index in [1.165, 1.54) is 6.20 Å². The van der Waals surface area contributed by atoms with Gasteiger partial charge in [0.15, 0.2) is 11.5 Å². The lowest BCUT2D eigenvalue weighted by molar-refractivity contribution is 0.327. The third kappa shape index (κ3) is 4.59. The summed E-state index contributed by atoms with van der Waals surface area (Å²) in [6.45, 7) is 2.34. The van der Waals surface area contributed by atoms with Crippen molar-refractivity contribution in [2.45, 2.75) is 12.7 Å². The summed E-state index contributed by atoms with van der Waals surface area (Å²) in [6, 6.07) is 12.4. The quantitative estimate of drug-likeness (QED) is 0.417. The molecule has 0 amide bonds.